The van der Waals surface area contributed by atoms with Crippen LogP contribution in [0.5, 0.6) is 0 Å². The summed E-state index contributed by atoms with van der Waals surface area (Å²) >= 11 is 1.78. The van der Waals surface area contributed by atoms with Gasteiger partial charge in [0.25, 0.3) is 0 Å². The molecule has 3 heteroatoms. The second kappa shape index (κ2) is 4.02. The highest BCUT2D eigenvalue weighted by Crippen LogP contribution is 2.19. The van der Waals surface area contributed by atoms with E-state index in [-0.39, 0.29) is 0 Å². The third kappa shape index (κ3) is 1.82. The molecule has 0 bridgehead atoms. The fourth-order valence-electron chi connectivity index (χ4n) is 1.76. The molecule has 1 aromatic carbocycles. The third-order valence-electron chi connectivity index (χ3n) is 2.60. The number of nitrogens with one attached hydrogen (secondary N) is 2. The van der Waals surface area contributed by atoms with E-state index in [4.69, 9.17) is 0 Å². The molecule has 3 rings (SSSR count). The number of hydrogen-bond acceptors (Lipinski definition) is 2. The maximum Gasteiger partial charge on any atom is 0.0494 e. The van der Waals surface area contributed by atoms with Crippen LogP contribution in [0.1, 0.15) is 4.88 Å². The molecule has 16 heavy (non-hydrogen) atoms. The Bertz CT molecular complexity index is 581. The number of anilines is 1. The first-order chi connectivity index (χ1) is 7.92. The minimum Gasteiger partial charge on any atom is -0.380 e. The summed E-state index contributed by atoms with van der Waals surface area (Å²) in [6.07, 6.45) is 1.97. The number of rotatable bonds is 3. The van der Waals surface area contributed by atoms with Gasteiger partial charge >= 0.3 is 0 Å². The average molecular weight is 228 g/mol. The molecule has 0 atom stereocenters. The Hall–Kier alpha value is -1.74. The molecule has 2 aromatic heterocycles. The molecule has 0 aliphatic carbocycles. The van der Waals surface area contributed by atoms with Crippen LogP contribution >= 0.6 is 11.3 Å². The summed E-state index contributed by atoms with van der Waals surface area (Å²) in [6, 6.07) is 12.7. The Morgan fingerprint density at radius 1 is 1.19 bits per heavy atom. The average Bonchev–Trinajstić information content (AvgIpc) is 2.97. The van der Waals surface area contributed by atoms with Gasteiger partial charge in [0, 0.05) is 28.8 Å². The number of aromatic amines is 1. The summed E-state index contributed by atoms with van der Waals surface area (Å²) in [7, 11) is 0. The molecule has 0 fully saturated rings. The van der Waals surface area contributed by atoms with Crippen molar-refractivity contribution in [3.05, 3.63) is 52.9 Å². The maximum atomic E-state index is 3.42. The monoisotopic (exact) mass is 228 g/mol. The van der Waals surface area contributed by atoms with Crippen LogP contribution in [0, 0.1) is 0 Å². The Balaban J connectivity index is 1.78. The van der Waals surface area contributed by atoms with Gasteiger partial charge in [0.05, 0.1) is 0 Å². The zero-order chi connectivity index (χ0) is 10.8. The van der Waals surface area contributed by atoms with Gasteiger partial charge in [-0.05, 0) is 35.0 Å². The maximum absolute atomic E-state index is 3.42. The molecule has 0 saturated carbocycles. The van der Waals surface area contributed by atoms with Gasteiger partial charge in [-0.1, -0.05) is 12.1 Å². The topological polar surface area (TPSA) is 27.8 Å². The summed E-state index contributed by atoms with van der Waals surface area (Å²) in [5, 5.41) is 6.77. The smallest absolute Gasteiger partial charge is 0.0494 e. The predicted octanol–water partition coefficient (Wildman–Crippen LogP) is 3.84. The number of benzene rings is 1. The van der Waals surface area contributed by atoms with Gasteiger partial charge in [-0.15, -0.1) is 11.3 Å². The highest BCUT2D eigenvalue weighted by atomic mass is 32.1. The molecular weight excluding hydrogens is 216 g/mol. The first-order valence-corrected chi connectivity index (χ1v) is 6.13. The van der Waals surface area contributed by atoms with Gasteiger partial charge in [0.2, 0.25) is 0 Å². The van der Waals surface area contributed by atoms with Crippen molar-refractivity contribution in [3.8, 4) is 0 Å². The number of aromatic nitrogens is 1. The van der Waals surface area contributed by atoms with Crippen LogP contribution < -0.4 is 5.32 Å². The summed E-state index contributed by atoms with van der Waals surface area (Å²) in [5.41, 5.74) is 2.33. The van der Waals surface area contributed by atoms with E-state index in [0.717, 1.165) is 12.2 Å². The lowest BCUT2D eigenvalue weighted by molar-refractivity contribution is 1.19. The second-order valence-electron chi connectivity index (χ2n) is 3.71. The van der Waals surface area contributed by atoms with Crippen molar-refractivity contribution in [3.63, 3.8) is 0 Å². The molecule has 2 heterocycles. The standard InChI is InChI=1S/C13H12N2S/c1-2-12(16-7-1)9-15-11-4-3-10-5-6-14-13(10)8-11/h1-8,14-15H,9H2. The van der Waals surface area contributed by atoms with Crippen molar-refractivity contribution in [2.75, 3.05) is 5.32 Å². The molecule has 80 valence electrons. The quantitative estimate of drug-likeness (QED) is 0.700. The molecule has 0 amide bonds. The summed E-state index contributed by atoms with van der Waals surface area (Å²) in [4.78, 5) is 4.57. The van der Waals surface area contributed by atoms with Crippen molar-refractivity contribution in [2.24, 2.45) is 0 Å². The summed E-state index contributed by atoms with van der Waals surface area (Å²) in [6.45, 7) is 0.893. The van der Waals surface area contributed by atoms with E-state index in [2.05, 4.69) is 52.1 Å². The van der Waals surface area contributed by atoms with E-state index in [1.165, 1.54) is 15.8 Å². The molecule has 0 radical (unpaired) electrons. The minimum atomic E-state index is 0.893. The highest BCUT2D eigenvalue weighted by Gasteiger charge is 1.97. The fraction of sp³-hybridized carbons (Fsp3) is 0.0769. The van der Waals surface area contributed by atoms with Gasteiger partial charge in [0.15, 0.2) is 0 Å². The largest absolute Gasteiger partial charge is 0.380 e. The van der Waals surface area contributed by atoms with Crippen molar-refractivity contribution >= 4 is 27.9 Å². The SMILES string of the molecule is c1csc(CNc2ccc3cc[nH]c3c2)c1. The lowest BCUT2D eigenvalue weighted by atomic mass is 10.2. The fourth-order valence-corrected chi connectivity index (χ4v) is 2.40. The molecule has 0 aliphatic rings. The normalized spacial score (nSPS) is 10.8. The van der Waals surface area contributed by atoms with Crippen molar-refractivity contribution < 1.29 is 0 Å². The second-order valence-corrected chi connectivity index (χ2v) is 4.74. The van der Waals surface area contributed by atoms with E-state index in [1.54, 1.807) is 11.3 Å². The van der Waals surface area contributed by atoms with Crippen LogP contribution in [-0.2, 0) is 6.54 Å². The molecule has 3 aromatic rings. The Morgan fingerprint density at radius 2 is 2.19 bits per heavy atom. The lowest BCUT2D eigenvalue weighted by Crippen LogP contribution is -1.96. The summed E-state index contributed by atoms with van der Waals surface area (Å²) in [5.74, 6) is 0. The van der Waals surface area contributed by atoms with Crippen LogP contribution in [0.25, 0.3) is 10.9 Å². The number of hydrogen-bond donors (Lipinski definition) is 2. The Labute approximate surface area is 97.9 Å². The van der Waals surface area contributed by atoms with E-state index >= 15 is 0 Å². The predicted molar refractivity (Wildman–Crippen MR) is 69.9 cm³/mol. The minimum absolute atomic E-state index is 0.893. The molecular formula is C13H12N2S. The molecule has 0 unspecified atom stereocenters. The van der Waals surface area contributed by atoms with Gasteiger partial charge < -0.3 is 10.3 Å². The van der Waals surface area contributed by atoms with Gasteiger partial charge in [-0.3, -0.25) is 0 Å². The van der Waals surface area contributed by atoms with Crippen molar-refractivity contribution in [1.82, 2.24) is 4.98 Å². The van der Waals surface area contributed by atoms with Crippen molar-refractivity contribution in [1.29, 1.82) is 0 Å². The van der Waals surface area contributed by atoms with E-state index < -0.39 is 0 Å². The van der Waals surface area contributed by atoms with Gasteiger partial charge in [0.1, 0.15) is 0 Å². The van der Waals surface area contributed by atoms with Crippen LogP contribution in [0.15, 0.2) is 48.0 Å². The molecule has 0 aliphatic heterocycles. The molecule has 0 saturated heterocycles. The highest BCUT2D eigenvalue weighted by molar-refractivity contribution is 7.09. The van der Waals surface area contributed by atoms with Crippen LogP contribution in [0.4, 0.5) is 5.69 Å². The number of thiophene rings is 1. The van der Waals surface area contributed by atoms with Crippen molar-refractivity contribution in [2.45, 2.75) is 6.54 Å². The lowest BCUT2D eigenvalue weighted by Gasteiger charge is -2.04. The van der Waals surface area contributed by atoms with Gasteiger partial charge in [-0.2, -0.15) is 0 Å². The molecule has 0 spiro atoms. The third-order valence-corrected chi connectivity index (χ3v) is 3.48. The Morgan fingerprint density at radius 3 is 3.06 bits per heavy atom. The van der Waals surface area contributed by atoms with Crippen LogP contribution in [0.3, 0.4) is 0 Å². The number of fused-ring (bicyclic) bond motifs is 1. The van der Waals surface area contributed by atoms with E-state index in [1.807, 2.05) is 6.20 Å². The zero-order valence-electron chi connectivity index (χ0n) is 8.73. The van der Waals surface area contributed by atoms with Gasteiger partial charge in [-0.25, -0.2) is 0 Å². The van der Waals surface area contributed by atoms with Crippen LogP contribution in [0.2, 0.25) is 0 Å². The zero-order valence-corrected chi connectivity index (χ0v) is 9.55. The van der Waals surface area contributed by atoms with E-state index in [9.17, 15) is 0 Å². The van der Waals surface area contributed by atoms with Crippen LogP contribution in [-0.4, -0.2) is 4.98 Å². The van der Waals surface area contributed by atoms with E-state index in [0.29, 0.717) is 0 Å². The Kier molecular flexibility index (Phi) is 2.38. The molecule has 2 nitrogen and oxygen atoms in total. The number of H-pyrrole nitrogens is 1. The summed E-state index contributed by atoms with van der Waals surface area (Å²) < 4.78 is 0. The first kappa shape index (κ1) is 9.48. The molecule has 2 N–H and O–H groups in total. The first-order valence-electron chi connectivity index (χ1n) is 5.25.